The van der Waals surface area contributed by atoms with Crippen molar-refractivity contribution in [2.75, 3.05) is 52.9 Å². The summed E-state index contributed by atoms with van der Waals surface area (Å²) in [4.78, 5) is 43.4. The minimum Gasteiger partial charge on any atom is -0.492 e. The Kier molecular flexibility index (Phi) is 23.8. The maximum Gasteiger partial charge on any atom is 0.324 e. The van der Waals surface area contributed by atoms with Gasteiger partial charge in [-0.25, -0.2) is 0 Å². The Morgan fingerprint density at radius 3 is 0.796 bits per heavy atom. The van der Waals surface area contributed by atoms with Crippen LogP contribution in [0.1, 0.15) is 105 Å². The van der Waals surface area contributed by atoms with E-state index in [1.807, 2.05) is 24.3 Å². The summed E-state index contributed by atoms with van der Waals surface area (Å²) < 4.78 is 11.8. The molecule has 0 aromatic heterocycles. The molecule has 2 rings (SSSR count). The number of aliphatic hydroxyl groups excluding tert-OH is 6. The van der Waals surface area contributed by atoms with Crippen molar-refractivity contribution < 1.29 is 69.5 Å². The van der Waals surface area contributed by atoms with E-state index in [4.69, 9.17) is 38.8 Å². The first-order valence-corrected chi connectivity index (χ1v) is 19.8. The lowest BCUT2D eigenvalue weighted by Crippen LogP contribution is -2.40. The van der Waals surface area contributed by atoms with Crippen molar-refractivity contribution >= 4 is 17.2 Å². The zero-order valence-electron chi connectivity index (χ0n) is 34.2. The van der Waals surface area contributed by atoms with Gasteiger partial charge in [0.15, 0.2) is 0 Å². The molecule has 0 spiro atoms. The summed E-state index contributed by atoms with van der Waals surface area (Å²) in [5.41, 5.74) is 2.44. The van der Waals surface area contributed by atoms with Gasteiger partial charge in [0.05, 0.1) is 50.5 Å². The van der Waals surface area contributed by atoms with Gasteiger partial charge in [-0.1, -0.05) is 107 Å². The summed E-state index contributed by atoms with van der Waals surface area (Å²) in [5.74, 6) is 1.45. The number of hydrogen-bond acceptors (Lipinski definition) is 14. The van der Waals surface area contributed by atoms with Crippen LogP contribution in [-0.4, -0.2) is 113 Å². The number of benzene rings is 2. The van der Waals surface area contributed by atoms with Crippen LogP contribution in [0.25, 0.3) is 0 Å². The summed E-state index contributed by atoms with van der Waals surface area (Å²) >= 11 is 0. The van der Waals surface area contributed by atoms with Crippen molar-refractivity contribution in [2.24, 2.45) is 10.8 Å². The first-order chi connectivity index (χ1) is 24.4. The molecule has 0 aliphatic carbocycles. The average Bonchev–Trinajstić information content (AvgIpc) is 3.04. The molecule has 0 saturated carbocycles. The van der Waals surface area contributed by atoms with Crippen LogP contribution in [0.5, 0.6) is 11.5 Å². The highest BCUT2D eigenvalue weighted by Crippen LogP contribution is 2.37. The fourth-order valence-corrected chi connectivity index (χ4v) is 4.45. The minimum absolute atomic E-state index is 0.0452. The van der Waals surface area contributed by atoms with Gasteiger partial charge in [-0.2, -0.15) is 0 Å². The topological polar surface area (TPSA) is 261 Å². The molecule has 54 heavy (non-hydrogen) atoms. The highest BCUT2D eigenvalue weighted by Gasteiger charge is 2.32. The van der Waals surface area contributed by atoms with Gasteiger partial charge in [0, 0.05) is 0 Å². The van der Waals surface area contributed by atoms with Crippen LogP contribution >= 0.6 is 17.2 Å². The third-order valence-electron chi connectivity index (χ3n) is 8.39. The second-order valence-corrected chi connectivity index (χ2v) is 18.6. The molecule has 0 fully saturated rings. The van der Waals surface area contributed by atoms with Gasteiger partial charge < -0.3 is 69.5 Å². The van der Waals surface area contributed by atoms with Gasteiger partial charge in [0.25, 0.3) is 0 Å². The zero-order valence-corrected chi connectivity index (χ0v) is 36.0. The van der Waals surface area contributed by atoms with E-state index in [-0.39, 0.29) is 74.5 Å². The van der Waals surface area contributed by atoms with Gasteiger partial charge >= 0.3 is 17.2 Å². The van der Waals surface area contributed by atoms with Crippen molar-refractivity contribution in [3.8, 4) is 11.5 Å². The number of rotatable bonds is 12. The molecule has 0 saturated heterocycles. The molecule has 0 heterocycles. The third kappa shape index (κ3) is 20.0. The van der Waals surface area contributed by atoms with Crippen LogP contribution in [0.4, 0.5) is 0 Å². The Balaban J connectivity index is 0. The molecule has 14 nitrogen and oxygen atoms in total. The van der Waals surface area contributed by atoms with Crippen molar-refractivity contribution in [2.45, 2.75) is 105 Å². The van der Waals surface area contributed by atoms with E-state index in [1.54, 1.807) is 0 Å². The second-order valence-electron chi connectivity index (χ2n) is 17.5. The first-order valence-electron chi connectivity index (χ1n) is 17.4. The largest absolute Gasteiger partial charge is 0.492 e. The maximum absolute atomic E-state index is 9.43. The van der Waals surface area contributed by atoms with E-state index in [1.165, 1.54) is 11.1 Å². The van der Waals surface area contributed by atoms with E-state index >= 15 is 0 Å². The zero-order chi connectivity index (χ0) is 42.9. The molecule has 2 aromatic carbocycles. The molecule has 12 N–H and O–H groups in total. The van der Waals surface area contributed by atoms with Gasteiger partial charge in [-0.3, -0.25) is 0 Å². The standard InChI is InChI=1S/2C19H32O4.2H3O3P/c2*1-17(2,3)14-7-8-16(15(9-14)18(4,5)6)23-13-19(10-20,11-21)12-22;2*1-4(2)3/h2*7-9,20-22H,10-13H2,1-6H3;2*1-3H. The highest BCUT2D eigenvalue weighted by molar-refractivity contribution is 7.38. The fourth-order valence-electron chi connectivity index (χ4n) is 4.45. The molecular weight excluding hydrogens is 742 g/mol. The van der Waals surface area contributed by atoms with Gasteiger partial charge in [-0.15, -0.1) is 0 Å². The van der Waals surface area contributed by atoms with E-state index in [9.17, 15) is 30.6 Å². The Bertz CT molecular complexity index is 1200. The van der Waals surface area contributed by atoms with E-state index in [0.29, 0.717) is 0 Å². The summed E-state index contributed by atoms with van der Waals surface area (Å²) in [5, 5.41) is 56.6. The van der Waals surface area contributed by atoms with Crippen molar-refractivity contribution in [3.05, 3.63) is 58.7 Å². The van der Waals surface area contributed by atoms with E-state index in [2.05, 4.69) is 95.2 Å². The maximum atomic E-state index is 9.43. The van der Waals surface area contributed by atoms with Gasteiger partial charge in [0.1, 0.15) is 24.7 Å². The molecular formula is C38H70O14P2. The lowest BCUT2D eigenvalue weighted by molar-refractivity contribution is -0.0265. The molecule has 0 aliphatic rings. The van der Waals surface area contributed by atoms with Crippen LogP contribution < -0.4 is 9.47 Å². The van der Waals surface area contributed by atoms with Gasteiger partial charge in [-0.05, 0) is 56.0 Å². The second kappa shape index (κ2) is 23.6. The van der Waals surface area contributed by atoms with Crippen LogP contribution in [0, 0.1) is 10.8 Å². The fraction of sp³-hybridized carbons (Fsp3) is 0.684. The number of ether oxygens (including phenoxy) is 2. The molecule has 2 aromatic rings. The van der Waals surface area contributed by atoms with Crippen molar-refractivity contribution in [3.63, 3.8) is 0 Å². The van der Waals surface area contributed by atoms with E-state index in [0.717, 1.165) is 22.6 Å². The lowest BCUT2D eigenvalue weighted by atomic mass is 9.80. The van der Waals surface area contributed by atoms with Crippen LogP contribution in [0.2, 0.25) is 0 Å². The quantitative estimate of drug-likeness (QED) is 0.137. The molecule has 0 bridgehead atoms. The summed E-state index contributed by atoms with van der Waals surface area (Å²) in [6.45, 7) is 23.9. The lowest BCUT2D eigenvalue weighted by Gasteiger charge is -2.31. The Labute approximate surface area is 324 Å². The third-order valence-corrected chi connectivity index (χ3v) is 8.39. The molecule has 0 aliphatic heterocycles. The minimum atomic E-state index is -2.62. The van der Waals surface area contributed by atoms with Crippen LogP contribution in [0.3, 0.4) is 0 Å². The number of hydrogen-bond donors (Lipinski definition) is 12. The van der Waals surface area contributed by atoms with Crippen molar-refractivity contribution in [1.29, 1.82) is 0 Å². The smallest absolute Gasteiger partial charge is 0.324 e. The molecule has 0 unspecified atom stereocenters. The summed E-state index contributed by atoms with van der Waals surface area (Å²) in [6.07, 6.45) is 0. The molecule has 0 amide bonds. The Hall–Kier alpha value is -1.58. The Morgan fingerprint density at radius 2 is 0.630 bits per heavy atom. The predicted molar refractivity (Wildman–Crippen MR) is 213 cm³/mol. The Morgan fingerprint density at radius 1 is 0.407 bits per heavy atom. The molecule has 316 valence electrons. The van der Waals surface area contributed by atoms with Gasteiger partial charge in [0.2, 0.25) is 0 Å². The SMILES string of the molecule is CC(C)(C)c1ccc(OCC(CO)(CO)CO)c(C(C)(C)C)c1.CC(C)(C)c1ccc(OCC(CO)(CO)CO)c(C(C)(C)C)c1.OP(O)O.OP(O)O. The summed E-state index contributed by atoms with van der Waals surface area (Å²) in [7, 11) is -5.24. The first kappa shape index (κ1) is 54.5. The average molecular weight is 813 g/mol. The van der Waals surface area contributed by atoms with Crippen LogP contribution in [0.15, 0.2) is 36.4 Å². The van der Waals surface area contributed by atoms with Crippen molar-refractivity contribution in [1.82, 2.24) is 0 Å². The summed E-state index contributed by atoms with van der Waals surface area (Å²) in [6, 6.07) is 12.3. The normalized spacial score (nSPS) is 12.6. The molecule has 0 radical (unpaired) electrons. The highest BCUT2D eigenvalue weighted by atomic mass is 31.2. The monoisotopic (exact) mass is 812 g/mol. The van der Waals surface area contributed by atoms with Crippen LogP contribution in [-0.2, 0) is 21.7 Å². The number of aliphatic hydroxyl groups is 6. The molecule has 16 heteroatoms. The predicted octanol–water partition coefficient (Wildman–Crippen LogP) is 3.63. The molecule has 0 atom stereocenters. The van der Waals surface area contributed by atoms with E-state index < -0.39 is 28.0 Å².